The number of aliphatic hydroxyl groups excluding tert-OH is 1. The molecule has 1 aromatic carbocycles. The molecule has 0 fully saturated rings. The van der Waals surface area contributed by atoms with Gasteiger partial charge in [-0.15, -0.1) is 0 Å². The summed E-state index contributed by atoms with van der Waals surface area (Å²) in [6.07, 6.45) is 0. The molecule has 114 valence electrons. The molecule has 0 aromatic heterocycles. The zero-order valence-corrected chi connectivity index (χ0v) is 13.0. The summed E-state index contributed by atoms with van der Waals surface area (Å²) in [5, 5.41) is 11.4. The van der Waals surface area contributed by atoms with E-state index in [1.54, 1.807) is 6.07 Å². The molecule has 2 N–H and O–H groups in total. The first-order chi connectivity index (χ1) is 9.77. The number of hydrogen-bond donors (Lipinski definition) is 2. The Bertz CT molecular complexity index is 568. The van der Waals surface area contributed by atoms with Crippen LogP contribution in [0.1, 0.15) is 43.6 Å². The van der Waals surface area contributed by atoms with Crippen molar-refractivity contribution in [3.63, 3.8) is 0 Å². The van der Waals surface area contributed by atoms with Crippen LogP contribution in [0.15, 0.2) is 18.2 Å². The SMILES string of the molecule is CC(C)C(C)(C)CNC(=O)c1ccc(C#CCO)cc1F. The van der Waals surface area contributed by atoms with Crippen molar-refractivity contribution in [1.82, 2.24) is 5.32 Å². The highest BCUT2D eigenvalue weighted by atomic mass is 19.1. The van der Waals surface area contributed by atoms with E-state index in [4.69, 9.17) is 5.11 Å². The van der Waals surface area contributed by atoms with Gasteiger partial charge in [0.1, 0.15) is 12.4 Å². The third kappa shape index (κ3) is 4.87. The number of benzene rings is 1. The maximum absolute atomic E-state index is 13.9. The number of carbonyl (C=O) groups is 1. The fraction of sp³-hybridized carbons (Fsp3) is 0.471. The summed E-state index contributed by atoms with van der Waals surface area (Å²) < 4.78 is 13.9. The number of carbonyl (C=O) groups excluding carboxylic acids is 1. The summed E-state index contributed by atoms with van der Waals surface area (Å²) in [4.78, 5) is 12.0. The summed E-state index contributed by atoms with van der Waals surface area (Å²) in [6.45, 7) is 8.48. The zero-order valence-electron chi connectivity index (χ0n) is 13.0. The average Bonchev–Trinajstić information content (AvgIpc) is 2.42. The van der Waals surface area contributed by atoms with Gasteiger partial charge in [-0.1, -0.05) is 39.5 Å². The Hall–Kier alpha value is -1.86. The minimum atomic E-state index is -0.611. The van der Waals surface area contributed by atoms with E-state index >= 15 is 0 Å². The van der Waals surface area contributed by atoms with Crippen molar-refractivity contribution in [3.05, 3.63) is 35.1 Å². The Kier molecular flexibility index (Phi) is 5.92. The van der Waals surface area contributed by atoms with Gasteiger partial charge in [0.25, 0.3) is 5.91 Å². The summed E-state index contributed by atoms with van der Waals surface area (Å²) in [6, 6.07) is 4.17. The normalized spacial score (nSPS) is 11.0. The van der Waals surface area contributed by atoms with Crippen LogP contribution in [-0.4, -0.2) is 24.2 Å². The lowest BCUT2D eigenvalue weighted by atomic mass is 9.81. The van der Waals surface area contributed by atoms with Gasteiger partial charge in [-0.2, -0.15) is 0 Å². The third-order valence-electron chi connectivity index (χ3n) is 3.79. The van der Waals surface area contributed by atoms with E-state index in [1.807, 2.05) is 0 Å². The van der Waals surface area contributed by atoms with Gasteiger partial charge in [-0.05, 0) is 29.5 Å². The van der Waals surface area contributed by atoms with Crippen molar-refractivity contribution in [2.75, 3.05) is 13.2 Å². The van der Waals surface area contributed by atoms with Crippen LogP contribution in [0.5, 0.6) is 0 Å². The Morgan fingerprint density at radius 1 is 1.43 bits per heavy atom. The van der Waals surface area contributed by atoms with Gasteiger partial charge in [0.05, 0.1) is 5.56 Å². The van der Waals surface area contributed by atoms with Crippen LogP contribution in [0, 0.1) is 29.0 Å². The van der Waals surface area contributed by atoms with E-state index in [1.165, 1.54) is 12.1 Å². The summed E-state index contributed by atoms with van der Waals surface area (Å²) >= 11 is 0. The van der Waals surface area contributed by atoms with Crippen molar-refractivity contribution >= 4 is 5.91 Å². The molecule has 0 saturated heterocycles. The Labute approximate surface area is 125 Å². The topological polar surface area (TPSA) is 49.3 Å². The molecule has 3 nitrogen and oxygen atoms in total. The molecular formula is C17H22FNO2. The summed E-state index contributed by atoms with van der Waals surface area (Å²) in [5.74, 6) is 4.40. The lowest BCUT2D eigenvalue weighted by molar-refractivity contribution is 0.0920. The minimum absolute atomic E-state index is 0.00380. The van der Waals surface area contributed by atoms with Gasteiger partial charge in [0.2, 0.25) is 0 Å². The van der Waals surface area contributed by atoms with Crippen LogP contribution < -0.4 is 5.32 Å². The standard InChI is InChI=1S/C17H22FNO2/c1-12(2)17(3,4)11-19-16(21)14-8-7-13(6-5-9-20)10-15(14)18/h7-8,10,12,20H,9,11H2,1-4H3,(H,19,21). The monoisotopic (exact) mass is 291 g/mol. The van der Waals surface area contributed by atoms with Gasteiger partial charge in [0, 0.05) is 12.1 Å². The van der Waals surface area contributed by atoms with Crippen molar-refractivity contribution in [1.29, 1.82) is 0 Å². The number of amides is 1. The van der Waals surface area contributed by atoms with Crippen LogP contribution in [-0.2, 0) is 0 Å². The first kappa shape index (κ1) is 17.2. The maximum atomic E-state index is 13.9. The quantitative estimate of drug-likeness (QED) is 0.838. The maximum Gasteiger partial charge on any atom is 0.254 e. The molecule has 0 spiro atoms. The fourth-order valence-electron chi connectivity index (χ4n) is 1.53. The number of halogens is 1. The Morgan fingerprint density at radius 2 is 2.10 bits per heavy atom. The molecule has 0 radical (unpaired) electrons. The second-order valence-electron chi connectivity index (χ2n) is 5.98. The number of rotatable bonds is 4. The first-order valence-corrected chi connectivity index (χ1v) is 6.95. The Morgan fingerprint density at radius 3 is 2.62 bits per heavy atom. The predicted octanol–water partition coefficient (Wildman–Crippen LogP) is 2.58. The van der Waals surface area contributed by atoms with E-state index in [-0.39, 0.29) is 17.6 Å². The highest BCUT2D eigenvalue weighted by molar-refractivity contribution is 5.94. The van der Waals surface area contributed by atoms with E-state index in [2.05, 4.69) is 44.9 Å². The number of aliphatic hydroxyl groups is 1. The molecule has 0 atom stereocenters. The van der Waals surface area contributed by atoms with Gasteiger partial charge < -0.3 is 10.4 Å². The second kappa shape index (κ2) is 7.24. The molecule has 1 rings (SSSR count). The molecule has 1 amide bonds. The number of nitrogens with one attached hydrogen (secondary N) is 1. The molecule has 4 heteroatoms. The van der Waals surface area contributed by atoms with E-state index in [0.717, 1.165) is 0 Å². The molecule has 0 aliphatic carbocycles. The first-order valence-electron chi connectivity index (χ1n) is 6.95. The molecule has 0 saturated carbocycles. The van der Waals surface area contributed by atoms with Crippen LogP contribution in [0.3, 0.4) is 0 Å². The summed E-state index contributed by atoms with van der Waals surface area (Å²) in [5.41, 5.74) is 0.378. The van der Waals surface area contributed by atoms with Crippen LogP contribution in [0.4, 0.5) is 4.39 Å². The summed E-state index contributed by atoms with van der Waals surface area (Å²) in [7, 11) is 0. The predicted molar refractivity (Wildman–Crippen MR) is 81.3 cm³/mol. The van der Waals surface area contributed by atoms with E-state index in [0.29, 0.717) is 18.0 Å². The van der Waals surface area contributed by atoms with Gasteiger partial charge >= 0.3 is 0 Å². The lowest BCUT2D eigenvalue weighted by Gasteiger charge is -2.29. The van der Waals surface area contributed by atoms with E-state index < -0.39 is 11.7 Å². The van der Waals surface area contributed by atoms with Gasteiger partial charge in [0.15, 0.2) is 0 Å². The average molecular weight is 291 g/mol. The molecule has 0 heterocycles. The zero-order chi connectivity index (χ0) is 16.0. The van der Waals surface area contributed by atoms with Crippen molar-refractivity contribution in [2.24, 2.45) is 11.3 Å². The molecule has 0 unspecified atom stereocenters. The highest BCUT2D eigenvalue weighted by Gasteiger charge is 2.23. The van der Waals surface area contributed by atoms with Crippen molar-refractivity contribution < 1.29 is 14.3 Å². The van der Waals surface area contributed by atoms with Gasteiger partial charge in [-0.3, -0.25) is 4.79 Å². The second-order valence-corrected chi connectivity index (χ2v) is 5.98. The lowest BCUT2D eigenvalue weighted by Crippen LogP contribution is -2.37. The molecule has 0 aliphatic rings. The molecule has 0 aliphatic heterocycles. The Balaban J connectivity index is 2.80. The largest absolute Gasteiger partial charge is 0.384 e. The van der Waals surface area contributed by atoms with Crippen LogP contribution in [0.25, 0.3) is 0 Å². The van der Waals surface area contributed by atoms with Gasteiger partial charge in [-0.25, -0.2) is 4.39 Å². The third-order valence-corrected chi connectivity index (χ3v) is 3.79. The molecule has 0 bridgehead atoms. The molecule has 1 aromatic rings. The fourth-order valence-corrected chi connectivity index (χ4v) is 1.53. The van der Waals surface area contributed by atoms with Crippen LogP contribution in [0.2, 0.25) is 0 Å². The number of hydrogen-bond acceptors (Lipinski definition) is 2. The minimum Gasteiger partial charge on any atom is -0.384 e. The van der Waals surface area contributed by atoms with Crippen LogP contribution >= 0.6 is 0 Å². The highest BCUT2D eigenvalue weighted by Crippen LogP contribution is 2.24. The van der Waals surface area contributed by atoms with Crippen molar-refractivity contribution in [3.8, 4) is 11.8 Å². The van der Waals surface area contributed by atoms with Crippen molar-refractivity contribution in [2.45, 2.75) is 27.7 Å². The molecular weight excluding hydrogens is 269 g/mol. The smallest absolute Gasteiger partial charge is 0.254 e. The van der Waals surface area contributed by atoms with E-state index in [9.17, 15) is 9.18 Å². The molecule has 21 heavy (non-hydrogen) atoms.